The number of hydrogen-bond acceptors (Lipinski definition) is 2. The predicted molar refractivity (Wildman–Crippen MR) is 85.8 cm³/mol. The van der Waals surface area contributed by atoms with Gasteiger partial charge in [0.1, 0.15) is 0 Å². The number of nitrogens with one attached hydrogen (secondary N) is 2. The Balaban J connectivity index is 1.96. The maximum Gasteiger partial charge on any atom is 0.319 e. The van der Waals surface area contributed by atoms with Crippen molar-refractivity contribution in [1.29, 1.82) is 0 Å². The third-order valence-electron chi connectivity index (χ3n) is 3.13. The molecule has 1 atom stereocenters. The Hall–Kier alpha value is -1.52. The number of urea groups is 1. The lowest BCUT2D eigenvalue weighted by atomic mass is 10.1. The molecule has 0 spiro atoms. The van der Waals surface area contributed by atoms with Crippen molar-refractivity contribution in [2.75, 3.05) is 5.32 Å². The molecule has 5 heteroatoms. The highest BCUT2D eigenvalue weighted by atomic mass is 35.5. The zero-order valence-corrected chi connectivity index (χ0v) is 13.2. The van der Waals surface area contributed by atoms with E-state index in [1.807, 2.05) is 51.1 Å². The summed E-state index contributed by atoms with van der Waals surface area (Å²) >= 11 is 7.36. The van der Waals surface area contributed by atoms with Gasteiger partial charge in [0.15, 0.2) is 0 Å². The van der Waals surface area contributed by atoms with Gasteiger partial charge in [0.2, 0.25) is 0 Å². The highest BCUT2D eigenvalue weighted by Gasteiger charge is 2.11. The van der Waals surface area contributed by atoms with Crippen LogP contribution in [0.5, 0.6) is 0 Å². The number of benzene rings is 1. The molecule has 20 heavy (non-hydrogen) atoms. The summed E-state index contributed by atoms with van der Waals surface area (Å²) in [5.74, 6) is 0. The molecule has 0 aliphatic rings. The monoisotopic (exact) mass is 308 g/mol. The summed E-state index contributed by atoms with van der Waals surface area (Å²) in [5, 5.41) is 5.73. The summed E-state index contributed by atoms with van der Waals surface area (Å²) < 4.78 is 0.725. The van der Waals surface area contributed by atoms with Gasteiger partial charge in [-0.1, -0.05) is 17.7 Å². The number of aryl methyl sites for hydroxylation is 2. The van der Waals surface area contributed by atoms with Gasteiger partial charge in [-0.05, 0) is 56.2 Å². The van der Waals surface area contributed by atoms with Gasteiger partial charge >= 0.3 is 6.03 Å². The van der Waals surface area contributed by atoms with E-state index in [0.29, 0.717) is 0 Å². The molecule has 0 saturated heterocycles. The Kier molecular flexibility index (Phi) is 4.68. The zero-order chi connectivity index (χ0) is 14.7. The van der Waals surface area contributed by atoms with Gasteiger partial charge in [0, 0.05) is 10.6 Å². The average molecular weight is 309 g/mol. The molecule has 0 aliphatic heterocycles. The first kappa shape index (κ1) is 14.9. The third-order valence-corrected chi connectivity index (χ3v) is 4.55. The number of carbonyl (C=O) groups is 1. The SMILES string of the molecule is Cc1ccc(NC(=O)N[C@H](C)c2ccc(Cl)s2)cc1C. The summed E-state index contributed by atoms with van der Waals surface area (Å²) in [4.78, 5) is 13.0. The van der Waals surface area contributed by atoms with Crippen LogP contribution >= 0.6 is 22.9 Å². The van der Waals surface area contributed by atoms with Gasteiger partial charge < -0.3 is 10.6 Å². The summed E-state index contributed by atoms with van der Waals surface area (Å²) in [7, 11) is 0. The number of thiophene rings is 1. The quantitative estimate of drug-likeness (QED) is 0.832. The fourth-order valence-corrected chi connectivity index (χ4v) is 2.88. The normalized spacial score (nSPS) is 12.0. The number of amides is 2. The van der Waals surface area contributed by atoms with Crippen molar-refractivity contribution in [3.8, 4) is 0 Å². The van der Waals surface area contributed by atoms with Crippen molar-refractivity contribution in [1.82, 2.24) is 5.32 Å². The first-order chi connectivity index (χ1) is 9.45. The number of rotatable bonds is 3. The Morgan fingerprint density at radius 2 is 1.95 bits per heavy atom. The van der Waals surface area contributed by atoms with Gasteiger partial charge in [0.25, 0.3) is 0 Å². The molecule has 1 aromatic heterocycles. The Labute approximate surface area is 128 Å². The Morgan fingerprint density at radius 3 is 2.55 bits per heavy atom. The second kappa shape index (κ2) is 6.29. The van der Waals surface area contributed by atoms with E-state index < -0.39 is 0 Å². The van der Waals surface area contributed by atoms with E-state index >= 15 is 0 Å². The Bertz CT molecular complexity index is 624. The molecule has 0 fully saturated rings. The second-order valence-corrected chi connectivity index (χ2v) is 6.51. The number of hydrogen-bond donors (Lipinski definition) is 2. The maximum atomic E-state index is 11.9. The number of halogens is 1. The molecule has 2 N–H and O–H groups in total. The van der Waals surface area contributed by atoms with Crippen LogP contribution in [0.3, 0.4) is 0 Å². The molecular weight excluding hydrogens is 292 g/mol. The Morgan fingerprint density at radius 1 is 1.20 bits per heavy atom. The molecule has 0 radical (unpaired) electrons. The van der Waals surface area contributed by atoms with Gasteiger partial charge in [-0.15, -0.1) is 11.3 Å². The van der Waals surface area contributed by atoms with E-state index in [9.17, 15) is 4.79 Å². The van der Waals surface area contributed by atoms with E-state index in [4.69, 9.17) is 11.6 Å². The third kappa shape index (κ3) is 3.74. The summed E-state index contributed by atoms with van der Waals surface area (Å²) in [6.45, 7) is 6.00. The zero-order valence-electron chi connectivity index (χ0n) is 11.7. The summed E-state index contributed by atoms with van der Waals surface area (Å²) in [6.07, 6.45) is 0. The first-order valence-corrected chi connectivity index (χ1v) is 7.55. The second-order valence-electron chi connectivity index (χ2n) is 4.76. The van der Waals surface area contributed by atoms with E-state index in [1.165, 1.54) is 16.9 Å². The molecule has 3 nitrogen and oxygen atoms in total. The molecule has 0 saturated carbocycles. The fraction of sp³-hybridized carbons (Fsp3) is 0.267. The average Bonchev–Trinajstić information content (AvgIpc) is 2.80. The standard InChI is InChI=1S/C15H17ClN2OS/c1-9-4-5-12(8-10(9)2)18-15(19)17-11(3)13-6-7-14(16)20-13/h4-8,11H,1-3H3,(H2,17,18,19)/t11-/m1/s1. The van der Waals surface area contributed by atoms with Gasteiger partial charge in [0.05, 0.1) is 10.4 Å². The topological polar surface area (TPSA) is 41.1 Å². The molecule has 0 bridgehead atoms. The molecule has 2 rings (SSSR count). The lowest BCUT2D eigenvalue weighted by molar-refractivity contribution is 0.249. The predicted octanol–water partition coefficient (Wildman–Crippen LogP) is 4.90. The molecule has 106 valence electrons. The molecular formula is C15H17ClN2OS. The highest BCUT2D eigenvalue weighted by molar-refractivity contribution is 7.16. The largest absolute Gasteiger partial charge is 0.331 e. The number of carbonyl (C=O) groups excluding carboxylic acids is 1. The van der Waals surface area contributed by atoms with Crippen molar-refractivity contribution in [2.24, 2.45) is 0 Å². The van der Waals surface area contributed by atoms with Gasteiger partial charge in [-0.25, -0.2) is 4.79 Å². The van der Waals surface area contributed by atoms with Crippen LogP contribution in [-0.4, -0.2) is 6.03 Å². The minimum atomic E-state index is -0.217. The lowest BCUT2D eigenvalue weighted by Gasteiger charge is -2.13. The van der Waals surface area contributed by atoms with E-state index in [-0.39, 0.29) is 12.1 Å². The summed E-state index contributed by atoms with van der Waals surface area (Å²) in [5.41, 5.74) is 3.15. The van der Waals surface area contributed by atoms with Crippen molar-refractivity contribution in [3.63, 3.8) is 0 Å². The van der Waals surface area contributed by atoms with Crippen molar-refractivity contribution in [2.45, 2.75) is 26.8 Å². The molecule has 1 heterocycles. The molecule has 0 unspecified atom stereocenters. The van der Waals surface area contributed by atoms with Crippen molar-refractivity contribution < 1.29 is 4.79 Å². The van der Waals surface area contributed by atoms with Crippen LogP contribution in [0.25, 0.3) is 0 Å². The van der Waals surface area contributed by atoms with E-state index in [2.05, 4.69) is 10.6 Å². The molecule has 0 aliphatic carbocycles. The number of anilines is 1. The smallest absolute Gasteiger partial charge is 0.319 e. The maximum absolute atomic E-state index is 11.9. The minimum absolute atomic E-state index is 0.0703. The van der Waals surface area contributed by atoms with Gasteiger partial charge in [-0.3, -0.25) is 0 Å². The van der Waals surface area contributed by atoms with Crippen LogP contribution < -0.4 is 10.6 Å². The van der Waals surface area contributed by atoms with E-state index in [1.54, 1.807) is 0 Å². The van der Waals surface area contributed by atoms with Crippen LogP contribution in [0.2, 0.25) is 4.34 Å². The molecule has 2 aromatic rings. The first-order valence-electron chi connectivity index (χ1n) is 6.35. The van der Waals surface area contributed by atoms with Crippen molar-refractivity contribution >= 4 is 34.7 Å². The lowest BCUT2D eigenvalue weighted by Crippen LogP contribution is -2.30. The van der Waals surface area contributed by atoms with Crippen LogP contribution in [0, 0.1) is 13.8 Å². The fourth-order valence-electron chi connectivity index (χ4n) is 1.82. The summed E-state index contributed by atoms with van der Waals surface area (Å²) in [6, 6.07) is 9.32. The van der Waals surface area contributed by atoms with Crippen LogP contribution in [0.4, 0.5) is 10.5 Å². The van der Waals surface area contributed by atoms with Crippen LogP contribution in [0.15, 0.2) is 30.3 Å². The highest BCUT2D eigenvalue weighted by Crippen LogP contribution is 2.26. The minimum Gasteiger partial charge on any atom is -0.331 e. The van der Waals surface area contributed by atoms with Gasteiger partial charge in [-0.2, -0.15) is 0 Å². The van der Waals surface area contributed by atoms with Crippen LogP contribution in [0.1, 0.15) is 29.0 Å². The van der Waals surface area contributed by atoms with E-state index in [0.717, 1.165) is 20.5 Å². The molecule has 2 amide bonds. The van der Waals surface area contributed by atoms with Crippen LogP contribution in [-0.2, 0) is 0 Å². The van der Waals surface area contributed by atoms with Crippen molar-refractivity contribution in [3.05, 3.63) is 50.7 Å². The molecule has 1 aromatic carbocycles.